The molecule has 8 nitrogen and oxygen atoms in total. The highest BCUT2D eigenvalue weighted by Crippen LogP contribution is 2.17. The molecular formula is C15H12N6O2. The number of H-pyrrole nitrogens is 1. The van der Waals surface area contributed by atoms with Crippen LogP contribution in [-0.2, 0) is 0 Å². The van der Waals surface area contributed by atoms with E-state index in [1.807, 2.05) is 0 Å². The number of hydrogen-bond acceptors (Lipinski definition) is 6. The minimum Gasteiger partial charge on any atom is -0.397 e. The first kappa shape index (κ1) is 14.4. The molecule has 0 radical (unpaired) electrons. The van der Waals surface area contributed by atoms with Crippen LogP contribution in [0.2, 0.25) is 0 Å². The molecule has 8 heteroatoms. The number of carbonyl (C=O) groups is 1. The molecule has 0 unspecified atom stereocenters. The van der Waals surface area contributed by atoms with Gasteiger partial charge in [-0.25, -0.2) is 5.10 Å². The number of nitrogens with two attached hydrogens (primary N) is 1. The zero-order chi connectivity index (χ0) is 16.2. The van der Waals surface area contributed by atoms with E-state index >= 15 is 0 Å². The molecule has 0 aliphatic rings. The van der Waals surface area contributed by atoms with Gasteiger partial charge in [0.25, 0.3) is 11.5 Å². The molecule has 3 heterocycles. The molecule has 3 aromatic rings. The average molecular weight is 308 g/mol. The van der Waals surface area contributed by atoms with Gasteiger partial charge in [-0.2, -0.15) is 5.10 Å². The first-order valence-electron chi connectivity index (χ1n) is 6.66. The molecule has 0 aliphatic carbocycles. The second kappa shape index (κ2) is 6.06. The van der Waals surface area contributed by atoms with Crippen molar-refractivity contribution in [3.63, 3.8) is 0 Å². The number of carbonyl (C=O) groups excluding carboxylic acids is 1. The first-order chi connectivity index (χ1) is 11.1. The van der Waals surface area contributed by atoms with Crippen LogP contribution < -0.4 is 16.6 Å². The lowest BCUT2D eigenvalue weighted by molar-refractivity contribution is 0.102. The van der Waals surface area contributed by atoms with Crippen molar-refractivity contribution in [3.8, 4) is 11.3 Å². The molecule has 4 N–H and O–H groups in total. The van der Waals surface area contributed by atoms with Crippen molar-refractivity contribution in [2.75, 3.05) is 11.1 Å². The number of nitrogens with zero attached hydrogens (tertiary/aromatic N) is 3. The number of aromatic amines is 1. The molecule has 3 aromatic heterocycles. The van der Waals surface area contributed by atoms with Gasteiger partial charge in [0.15, 0.2) is 0 Å². The first-order valence-corrected chi connectivity index (χ1v) is 6.66. The van der Waals surface area contributed by atoms with Crippen LogP contribution in [0.3, 0.4) is 0 Å². The maximum Gasteiger partial charge on any atom is 0.277 e. The molecule has 23 heavy (non-hydrogen) atoms. The number of rotatable bonds is 3. The second-order valence-electron chi connectivity index (χ2n) is 4.65. The highest BCUT2D eigenvalue weighted by atomic mass is 16.2. The molecule has 3 rings (SSSR count). The number of anilines is 2. The Kier molecular flexibility index (Phi) is 3.79. The molecule has 1 amide bonds. The average Bonchev–Trinajstić information content (AvgIpc) is 2.58. The maximum atomic E-state index is 12.3. The fourth-order valence-electron chi connectivity index (χ4n) is 1.94. The summed E-state index contributed by atoms with van der Waals surface area (Å²) in [6, 6.07) is 6.41. The third-order valence-electron chi connectivity index (χ3n) is 3.13. The third kappa shape index (κ3) is 3.05. The van der Waals surface area contributed by atoms with E-state index < -0.39 is 11.5 Å². The number of aromatic nitrogens is 4. The number of nitrogens with one attached hydrogen (secondary N) is 2. The van der Waals surface area contributed by atoms with E-state index in [0.29, 0.717) is 17.1 Å². The molecule has 0 aromatic carbocycles. The second-order valence-corrected chi connectivity index (χ2v) is 4.65. The summed E-state index contributed by atoms with van der Waals surface area (Å²) in [5, 5.41) is 8.81. The Labute approximate surface area is 130 Å². The van der Waals surface area contributed by atoms with Crippen LogP contribution in [0.4, 0.5) is 11.4 Å². The van der Waals surface area contributed by atoms with E-state index in [2.05, 4.69) is 25.5 Å². The van der Waals surface area contributed by atoms with Crippen LogP contribution in [-0.4, -0.2) is 26.1 Å². The molecule has 0 atom stereocenters. The van der Waals surface area contributed by atoms with Crippen molar-refractivity contribution in [2.45, 2.75) is 0 Å². The Morgan fingerprint density at radius 1 is 1.13 bits per heavy atom. The van der Waals surface area contributed by atoms with Gasteiger partial charge in [-0.1, -0.05) is 0 Å². The summed E-state index contributed by atoms with van der Waals surface area (Å²) >= 11 is 0. The number of nitrogen functional groups attached to an aromatic ring is 1. The zero-order valence-electron chi connectivity index (χ0n) is 11.9. The zero-order valence-corrected chi connectivity index (χ0v) is 11.9. The van der Waals surface area contributed by atoms with E-state index in [9.17, 15) is 9.59 Å². The summed E-state index contributed by atoms with van der Waals surface area (Å²) in [5.41, 5.74) is 6.95. The van der Waals surface area contributed by atoms with Gasteiger partial charge in [-0.3, -0.25) is 19.6 Å². The van der Waals surface area contributed by atoms with E-state index in [-0.39, 0.29) is 5.56 Å². The normalized spacial score (nSPS) is 10.3. The van der Waals surface area contributed by atoms with Gasteiger partial charge in [0.05, 0.1) is 23.3 Å². The van der Waals surface area contributed by atoms with Crippen LogP contribution in [0.1, 0.15) is 10.4 Å². The molecule has 0 spiro atoms. The summed E-state index contributed by atoms with van der Waals surface area (Å²) in [4.78, 5) is 32.0. The summed E-state index contributed by atoms with van der Waals surface area (Å²) in [5.74, 6) is -0.594. The molecule has 0 saturated carbocycles. The van der Waals surface area contributed by atoms with E-state index in [1.165, 1.54) is 18.5 Å². The summed E-state index contributed by atoms with van der Waals surface area (Å²) in [7, 11) is 0. The lowest BCUT2D eigenvalue weighted by Crippen LogP contribution is -2.24. The van der Waals surface area contributed by atoms with Gasteiger partial charge in [-0.05, 0) is 24.3 Å². The summed E-state index contributed by atoms with van der Waals surface area (Å²) in [6.07, 6.45) is 6.11. The standard InChI is InChI=1S/C15H12N6O2/c16-11-3-6-18-8-13(11)19-14(22)10-7-12(20-21-15(10)23)9-1-4-17-5-2-9/h1-8H,(H2,16,18)(H,19,22)(H,21,23). The van der Waals surface area contributed by atoms with E-state index in [1.54, 1.807) is 30.6 Å². The van der Waals surface area contributed by atoms with Crippen LogP contribution in [0.25, 0.3) is 11.3 Å². The molecule has 0 bridgehead atoms. The number of amides is 1. The van der Waals surface area contributed by atoms with Crippen LogP contribution >= 0.6 is 0 Å². The van der Waals surface area contributed by atoms with Gasteiger partial charge >= 0.3 is 0 Å². The van der Waals surface area contributed by atoms with Gasteiger partial charge in [0, 0.05) is 24.2 Å². The lowest BCUT2D eigenvalue weighted by atomic mass is 10.1. The topological polar surface area (TPSA) is 127 Å². The van der Waals surface area contributed by atoms with Crippen molar-refractivity contribution in [1.82, 2.24) is 20.2 Å². The SMILES string of the molecule is Nc1ccncc1NC(=O)c1cc(-c2ccncc2)n[nH]c1=O. The van der Waals surface area contributed by atoms with Crippen LogP contribution in [0.15, 0.2) is 53.8 Å². The van der Waals surface area contributed by atoms with Gasteiger partial charge < -0.3 is 11.1 Å². The quantitative estimate of drug-likeness (QED) is 0.664. The summed E-state index contributed by atoms with van der Waals surface area (Å²) in [6.45, 7) is 0. The van der Waals surface area contributed by atoms with Crippen molar-refractivity contribution in [2.24, 2.45) is 0 Å². The molecule has 0 fully saturated rings. The molecular weight excluding hydrogens is 296 g/mol. The predicted octanol–water partition coefficient (Wildman–Crippen LogP) is 1.06. The summed E-state index contributed by atoms with van der Waals surface area (Å²) < 4.78 is 0. The molecule has 114 valence electrons. The van der Waals surface area contributed by atoms with Crippen LogP contribution in [0, 0.1) is 0 Å². The van der Waals surface area contributed by atoms with Crippen molar-refractivity contribution in [3.05, 3.63) is 65.0 Å². The Balaban J connectivity index is 1.95. The Bertz CT molecular complexity index is 907. The Morgan fingerprint density at radius 2 is 1.87 bits per heavy atom. The number of hydrogen-bond donors (Lipinski definition) is 3. The smallest absolute Gasteiger partial charge is 0.277 e. The van der Waals surface area contributed by atoms with Gasteiger partial charge in [0.2, 0.25) is 0 Å². The van der Waals surface area contributed by atoms with Crippen molar-refractivity contribution < 1.29 is 4.79 Å². The Morgan fingerprint density at radius 3 is 2.61 bits per heavy atom. The van der Waals surface area contributed by atoms with E-state index in [0.717, 1.165) is 5.56 Å². The number of pyridine rings is 2. The van der Waals surface area contributed by atoms with Gasteiger partial charge in [0.1, 0.15) is 5.56 Å². The predicted molar refractivity (Wildman–Crippen MR) is 84.7 cm³/mol. The van der Waals surface area contributed by atoms with Crippen molar-refractivity contribution in [1.29, 1.82) is 0 Å². The van der Waals surface area contributed by atoms with Gasteiger partial charge in [-0.15, -0.1) is 0 Å². The fraction of sp³-hybridized carbons (Fsp3) is 0. The largest absolute Gasteiger partial charge is 0.397 e. The third-order valence-corrected chi connectivity index (χ3v) is 3.13. The van der Waals surface area contributed by atoms with Crippen molar-refractivity contribution >= 4 is 17.3 Å². The van der Waals surface area contributed by atoms with E-state index in [4.69, 9.17) is 5.73 Å². The highest BCUT2D eigenvalue weighted by molar-refractivity contribution is 6.05. The van der Waals surface area contributed by atoms with Crippen LogP contribution in [0.5, 0.6) is 0 Å². The monoisotopic (exact) mass is 308 g/mol. The molecule has 0 saturated heterocycles. The minimum atomic E-state index is -0.595. The highest BCUT2D eigenvalue weighted by Gasteiger charge is 2.14. The Hall–Kier alpha value is -3.55. The lowest BCUT2D eigenvalue weighted by Gasteiger charge is -2.07. The fourth-order valence-corrected chi connectivity index (χ4v) is 1.94. The maximum absolute atomic E-state index is 12.3. The molecule has 0 aliphatic heterocycles. The minimum absolute atomic E-state index is 0.0740.